The molecule has 0 aliphatic carbocycles. The molecule has 1 aliphatic heterocycles. The molecule has 3 aromatic carbocycles. The molecule has 4 aromatic rings. The molecule has 6 nitrogen and oxygen atoms in total. The van der Waals surface area contributed by atoms with Gasteiger partial charge < -0.3 is 5.32 Å². The molecule has 0 saturated carbocycles. The summed E-state index contributed by atoms with van der Waals surface area (Å²) < 4.78 is 1.78. The maximum Gasteiger partial charge on any atom is 0.250 e. The Hall–Kier alpha value is -3.90. The lowest BCUT2D eigenvalue weighted by Crippen LogP contribution is -2.20. The van der Waals surface area contributed by atoms with Crippen molar-refractivity contribution in [1.82, 2.24) is 14.8 Å². The number of anilines is 2. The Morgan fingerprint density at radius 3 is 2.39 bits per heavy atom. The molecule has 1 unspecified atom stereocenters. The first kappa shape index (κ1) is 21.0. The molecule has 1 amide bonds. The topological polar surface area (TPSA) is 71.8 Å². The first-order valence-electron chi connectivity index (χ1n) is 10.8. The number of rotatable bonds is 6. The van der Waals surface area contributed by atoms with Crippen molar-refractivity contribution >= 4 is 35.1 Å². The van der Waals surface area contributed by atoms with Crippen LogP contribution in [-0.2, 0) is 11.2 Å². The number of aromatic nitrogens is 3. The second-order valence-electron chi connectivity index (χ2n) is 7.81. The van der Waals surface area contributed by atoms with Crippen LogP contribution < -0.4 is 10.6 Å². The molecule has 0 saturated heterocycles. The Kier molecular flexibility index (Phi) is 5.91. The van der Waals surface area contributed by atoms with E-state index in [1.165, 1.54) is 0 Å². The van der Waals surface area contributed by atoms with E-state index in [9.17, 15) is 4.79 Å². The number of benzene rings is 3. The van der Waals surface area contributed by atoms with Gasteiger partial charge in [-0.05, 0) is 41.3 Å². The summed E-state index contributed by atoms with van der Waals surface area (Å²) in [6.07, 6.45) is 3.11. The Morgan fingerprint density at radius 1 is 0.970 bits per heavy atom. The maximum atomic E-state index is 12.5. The molecule has 0 radical (unpaired) electrons. The molecule has 2 N–H and O–H groups in total. The highest BCUT2D eigenvalue weighted by molar-refractivity contribution is 6.30. The molecule has 2 heterocycles. The van der Waals surface area contributed by atoms with Gasteiger partial charge in [-0.2, -0.15) is 4.98 Å². The second-order valence-corrected chi connectivity index (χ2v) is 8.24. The van der Waals surface area contributed by atoms with Crippen LogP contribution in [0.3, 0.4) is 0 Å². The third-order valence-electron chi connectivity index (χ3n) is 5.50. The third-order valence-corrected chi connectivity index (χ3v) is 5.75. The maximum absolute atomic E-state index is 12.5. The number of aryl methyl sites for hydroxylation is 1. The first-order valence-corrected chi connectivity index (χ1v) is 11.1. The van der Waals surface area contributed by atoms with Crippen LogP contribution >= 0.6 is 11.6 Å². The minimum Gasteiger partial charge on any atom is -0.324 e. The molecule has 7 heteroatoms. The van der Waals surface area contributed by atoms with Crippen molar-refractivity contribution in [3.63, 3.8) is 0 Å². The highest BCUT2D eigenvalue weighted by atomic mass is 35.5. The number of hydrogen-bond donors (Lipinski definition) is 2. The van der Waals surface area contributed by atoms with Gasteiger partial charge in [0.05, 0.1) is 0 Å². The van der Waals surface area contributed by atoms with Crippen LogP contribution in [0.1, 0.15) is 29.2 Å². The summed E-state index contributed by atoms with van der Waals surface area (Å²) >= 11 is 6.10. The van der Waals surface area contributed by atoms with E-state index in [0.717, 1.165) is 22.4 Å². The van der Waals surface area contributed by atoms with Crippen LogP contribution in [0.15, 0.2) is 91.0 Å². The van der Waals surface area contributed by atoms with E-state index in [-0.39, 0.29) is 17.9 Å². The molecular formula is C26H22ClN5O. The molecule has 164 valence electrons. The minimum absolute atomic E-state index is 0.124. The predicted octanol–water partition coefficient (Wildman–Crippen LogP) is 5.56. The van der Waals surface area contributed by atoms with E-state index in [1.807, 2.05) is 84.9 Å². The molecule has 1 aliphatic rings. The number of allylic oxidation sites excluding steroid dienone is 1. The Balaban J connectivity index is 1.40. The molecule has 33 heavy (non-hydrogen) atoms. The van der Waals surface area contributed by atoms with Crippen LogP contribution in [0, 0.1) is 0 Å². The molecule has 0 spiro atoms. The van der Waals surface area contributed by atoms with Crippen molar-refractivity contribution in [2.75, 3.05) is 10.6 Å². The zero-order valence-corrected chi connectivity index (χ0v) is 18.5. The lowest BCUT2D eigenvalue weighted by Gasteiger charge is -2.24. The first-order chi connectivity index (χ1) is 16.2. The Labute approximate surface area is 196 Å². The lowest BCUT2D eigenvalue weighted by atomic mass is 10.0. The SMILES string of the molecule is O=C(CCc1ccccc1)Nc1nc2n(n1)C(c1ccc(Cl)cc1)C=C(c1ccccc1)N2. The molecule has 1 atom stereocenters. The highest BCUT2D eigenvalue weighted by Gasteiger charge is 2.25. The fourth-order valence-corrected chi connectivity index (χ4v) is 3.95. The fraction of sp³-hybridized carbons (Fsp3) is 0.115. The van der Waals surface area contributed by atoms with Crippen molar-refractivity contribution in [2.24, 2.45) is 0 Å². The second kappa shape index (κ2) is 9.30. The third kappa shape index (κ3) is 4.81. The number of carbonyl (C=O) groups excluding carboxylic acids is 1. The summed E-state index contributed by atoms with van der Waals surface area (Å²) in [5.41, 5.74) is 4.10. The van der Waals surface area contributed by atoms with Gasteiger partial charge in [0.25, 0.3) is 5.95 Å². The zero-order valence-electron chi connectivity index (χ0n) is 17.8. The van der Waals surface area contributed by atoms with Gasteiger partial charge in [-0.25, -0.2) is 4.68 Å². The number of amides is 1. The van der Waals surface area contributed by atoms with E-state index in [2.05, 4.69) is 26.8 Å². The predicted molar refractivity (Wildman–Crippen MR) is 131 cm³/mol. The zero-order chi connectivity index (χ0) is 22.6. The molecular weight excluding hydrogens is 434 g/mol. The number of nitrogens with one attached hydrogen (secondary N) is 2. The van der Waals surface area contributed by atoms with E-state index < -0.39 is 0 Å². The number of nitrogens with zero attached hydrogens (tertiary/aromatic N) is 3. The van der Waals surface area contributed by atoms with E-state index in [0.29, 0.717) is 23.8 Å². The Bertz CT molecular complexity index is 1280. The van der Waals surface area contributed by atoms with Crippen LogP contribution in [0.5, 0.6) is 0 Å². The smallest absolute Gasteiger partial charge is 0.250 e. The van der Waals surface area contributed by atoms with Crippen molar-refractivity contribution in [2.45, 2.75) is 18.9 Å². The molecule has 0 bridgehead atoms. The van der Waals surface area contributed by atoms with Gasteiger partial charge in [0.2, 0.25) is 11.9 Å². The van der Waals surface area contributed by atoms with Gasteiger partial charge in [0.15, 0.2) is 0 Å². The lowest BCUT2D eigenvalue weighted by molar-refractivity contribution is -0.116. The monoisotopic (exact) mass is 455 g/mol. The quantitative estimate of drug-likeness (QED) is 0.399. The minimum atomic E-state index is -0.198. The van der Waals surface area contributed by atoms with Crippen LogP contribution in [0.4, 0.5) is 11.9 Å². The van der Waals surface area contributed by atoms with Crippen LogP contribution in [0.2, 0.25) is 5.02 Å². The summed E-state index contributed by atoms with van der Waals surface area (Å²) in [6.45, 7) is 0. The van der Waals surface area contributed by atoms with Crippen LogP contribution in [-0.4, -0.2) is 20.7 Å². The van der Waals surface area contributed by atoms with E-state index >= 15 is 0 Å². The van der Waals surface area contributed by atoms with Gasteiger partial charge in [0, 0.05) is 17.1 Å². The van der Waals surface area contributed by atoms with Crippen molar-refractivity contribution in [3.8, 4) is 0 Å². The van der Waals surface area contributed by atoms with Gasteiger partial charge in [-0.1, -0.05) is 84.4 Å². The van der Waals surface area contributed by atoms with Crippen LogP contribution in [0.25, 0.3) is 5.70 Å². The van der Waals surface area contributed by atoms with Crippen molar-refractivity contribution in [3.05, 3.63) is 113 Å². The van der Waals surface area contributed by atoms with E-state index in [4.69, 9.17) is 11.6 Å². The fourth-order valence-electron chi connectivity index (χ4n) is 3.82. The Morgan fingerprint density at radius 2 is 1.67 bits per heavy atom. The standard InChI is InChI=1S/C26H22ClN5O/c27-21-14-12-20(13-15-21)23-17-22(19-9-5-2-6-10-19)28-26-30-25(31-32(23)26)29-24(33)16-11-18-7-3-1-4-8-18/h1-10,12-15,17,23H,11,16H2,(H2,28,29,30,31,33). The average molecular weight is 456 g/mol. The van der Waals surface area contributed by atoms with Crippen molar-refractivity contribution in [1.29, 1.82) is 0 Å². The van der Waals surface area contributed by atoms with Gasteiger partial charge >= 0.3 is 0 Å². The van der Waals surface area contributed by atoms with Gasteiger partial charge in [0.1, 0.15) is 6.04 Å². The molecule has 0 fully saturated rings. The summed E-state index contributed by atoms with van der Waals surface area (Å²) in [5.74, 6) is 0.716. The highest BCUT2D eigenvalue weighted by Crippen LogP contribution is 2.33. The molecule has 1 aromatic heterocycles. The summed E-state index contributed by atoms with van der Waals surface area (Å²) in [6, 6.07) is 27.4. The number of carbonyl (C=O) groups is 1. The molecule has 5 rings (SSSR count). The van der Waals surface area contributed by atoms with Crippen molar-refractivity contribution < 1.29 is 4.79 Å². The van der Waals surface area contributed by atoms with E-state index in [1.54, 1.807) is 4.68 Å². The van der Waals surface area contributed by atoms with Gasteiger partial charge in [-0.3, -0.25) is 10.1 Å². The number of hydrogen-bond acceptors (Lipinski definition) is 4. The average Bonchev–Trinajstić information content (AvgIpc) is 3.26. The largest absolute Gasteiger partial charge is 0.324 e. The number of fused-ring (bicyclic) bond motifs is 1. The van der Waals surface area contributed by atoms with Gasteiger partial charge in [-0.15, -0.1) is 5.10 Å². The number of halogens is 1. The summed E-state index contributed by atoms with van der Waals surface area (Å²) in [4.78, 5) is 17.1. The summed E-state index contributed by atoms with van der Waals surface area (Å²) in [5, 5.41) is 11.4. The summed E-state index contributed by atoms with van der Waals surface area (Å²) in [7, 11) is 0. The normalized spacial score (nSPS) is 14.7.